The van der Waals surface area contributed by atoms with E-state index in [1.54, 1.807) is 0 Å². The second kappa shape index (κ2) is 5.42. The number of rotatable bonds is 1. The second-order valence-corrected chi connectivity index (χ2v) is 6.81. The second-order valence-electron chi connectivity index (χ2n) is 6.81. The van der Waals surface area contributed by atoms with Crippen LogP contribution in [0.15, 0.2) is 95.4 Å². The summed E-state index contributed by atoms with van der Waals surface area (Å²) in [5.41, 5.74) is 4.94. The third-order valence-electron chi connectivity index (χ3n) is 5.25. The minimum absolute atomic E-state index is 0.919. The summed E-state index contributed by atoms with van der Waals surface area (Å²) in [6, 6.07) is 31.2. The van der Waals surface area contributed by atoms with Gasteiger partial charge in [-0.2, -0.15) is 0 Å². The van der Waals surface area contributed by atoms with E-state index >= 15 is 0 Å². The molecule has 0 unspecified atom stereocenters. The lowest BCUT2D eigenvalue weighted by Crippen LogP contribution is -1.89. The molecular weight excluding hydrogens is 330 g/mol. The van der Waals surface area contributed by atoms with Gasteiger partial charge in [-0.3, -0.25) is 0 Å². The molecule has 0 aliphatic carbocycles. The van der Waals surface area contributed by atoms with Crippen molar-refractivity contribution in [2.24, 2.45) is 0 Å². The van der Waals surface area contributed by atoms with Gasteiger partial charge in [-0.15, -0.1) is 0 Å². The maximum atomic E-state index is 6.34. The van der Waals surface area contributed by atoms with Crippen molar-refractivity contribution in [3.8, 4) is 11.3 Å². The van der Waals surface area contributed by atoms with E-state index in [1.165, 1.54) is 0 Å². The van der Waals surface area contributed by atoms with E-state index in [0.717, 1.165) is 54.9 Å². The first-order valence-electron chi connectivity index (χ1n) is 9.08. The molecule has 0 spiro atoms. The van der Waals surface area contributed by atoms with Crippen molar-refractivity contribution in [1.82, 2.24) is 4.98 Å². The van der Waals surface area contributed by atoms with Crippen LogP contribution in [0.25, 0.3) is 54.9 Å². The van der Waals surface area contributed by atoms with Crippen LogP contribution in [0.5, 0.6) is 0 Å². The lowest BCUT2D eigenvalue weighted by molar-refractivity contribution is 0.673. The van der Waals surface area contributed by atoms with E-state index in [9.17, 15) is 0 Å². The van der Waals surface area contributed by atoms with E-state index in [2.05, 4.69) is 66.7 Å². The number of aromatic nitrogens is 1. The van der Waals surface area contributed by atoms with Crippen molar-refractivity contribution in [3.05, 3.63) is 91.0 Å². The molecule has 0 saturated carbocycles. The van der Waals surface area contributed by atoms with E-state index in [1.807, 2.05) is 24.3 Å². The molecule has 0 fully saturated rings. The molecule has 6 rings (SSSR count). The van der Waals surface area contributed by atoms with Crippen LogP contribution in [0.3, 0.4) is 0 Å². The summed E-state index contributed by atoms with van der Waals surface area (Å²) >= 11 is 0. The van der Waals surface area contributed by atoms with Gasteiger partial charge in [0.1, 0.15) is 11.2 Å². The molecule has 0 saturated heterocycles. The molecule has 126 valence electrons. The van der Waals surface area contributed by atoms with Gasteiger partial charge in [-0.1, -0.05) is 72.8 Å². The highest BCUT2D eigenvalue weighted by atomic mass is 16.3. The maximum absolute atomic E-state index is 6.34. The van der Waals surface area contributed by atoms with Gasteiger partial charge in [0.2, 0.25) is 0 Å². The molecule has 0 aliphatic rings. The lowest BCUT2D eigenvalue weighted by atomic mass is 9.98. The molecule has 0 aliphatic heterocycles. The smallest absolute Gasteiger partial charge is 0.144 e. The van der Waals surface area contributed by atoms with Gasteiger partial charge in [0.25, 0.3) is 0 Å². The molecule has 0 atom stereocenters. The fourth-order valence-electron chi connectivity index (χ4n) is 4.03. The summed E-state index contributed by atoms with van der Waals surface area (Å²) in [5, 5.41) is 5.67. The summed E-state index contributed by atoms with van der Waals surface area (Å²) in [6.45, 7) is 0. The monoisotopic (exact) mass is 345 g/mol. The Bertz CT molecular complexity index is 1460. The molecule has 0 radical (unpaired) electrons. The summed E-state index contributed by atoms with van der Waals surface area (Å²) in [4.78, 5) is 4.99. The first-order chi connectivity index (χ1) is 13.4. The van der Waals surface area contributed by atoms with Crippen molar-refractivity contribution >= 4 is 43.6 Å². The van der Waals surface area contributed by atoms with Gasteiger partial charge in [0.05, 0.1) is 11.2 Å². The molecule has 0 N–H and O–H groups in total. The van der Waals surface area contributed by atoms with Crippen LogP contribution < -0.4 is 0 Å². The third-order valence-corrected chi connectivity index (χ3v) is 5.25. The molecular formula is C25H15NO. The Balaban J connectivity index is 1.89. The molecule has 27 heavy (non-hydrogen) atoms. The highest BCUT2D eigenvalue weighted by Gasteiger charge is 2.16. The highest BCUT2D eigenvalue weighted by molar-refractivity contribution is 6.24. The Hall–Kier alpha value is -3.65. The summed E-state index contributed by atoms with van der Waals surface area (Å²) in [5.74, 6) is 0. The van der Waals surface area contributed by atoms with Gasteiger partial charge < -0.3 is 4.42 Å². The summed E-state index contributed by atoms with van der Waals surface area (Å²) < 4.78 is 6.34. The normalized spacial score (nSPS) is 11.7. The van der Waals surface area contributed by atoms with Crippen molar-refractivity contribution < 1.29 is 4.42 Å². The highest BCUT2D eigenvalue weighted by Crippen LogP contribution is 2.40. The Morgan fingerprint density at radius 2 is 1.26 bits per heavy atom. The average molecular weight is 345 g/mol. The Kier molecular flexibility index (Phi) is 2.91. The van der Waals surface area contributed by atoms with Gasteiger partial charge in [0, 0.05) is 32.5 Å². The van der Waals surface area contributed by atoms with Gasteiger partial charge in [0.15, 0.2) is 0 Å². The number of pyridine rings is 1. The number of para-hydroxylation sites is 2. The van der Waals surface area contributed by atoms with Crippen molar-refractivity contribution in [2.45, 2.75) is 0 Å². The van der Waals surface area contributed by atoms with Crippen molar-refractivity contribution in [1.29, 1.82) is 0 Å². The van der Waals surface area contributed by atoms with Crippen LogP contribution in [0.2, 0.25) is 0 Å². The Morgan fingerprint density at radius 3 is 2.15 bits per heavy atom. The zero-order valence-corrected chi connectivity index (χ0v) is 14.5. The average Bonchev–Trinajstić information content (AvgIpc) is 3.12. The fourth-order valence-corrected chi connectivity index (χ4v) is 4.03. The van der Waals surface area contributed by atoms with Crippen LogP contribution in [-0.4, -0.2) is 4.98 Å². The summed E-state index contributed by atoms with van der Waals surface area (Å²) in [7, 11) is 0. The number of fused-ring (bicyclic) bond motifs is 7. The van der Waals surface area contributed by atoms with Crippen LogP contribution in [0.4, 0.5) is 0 Å². The van der Waals surface area contributed by atoms with Gasteiger partial charge in [-0.25, -0.2) is 4.98 Å². The van der Waals surface area contributed by atoms with Crippen LogP contribution in [-0.2, 0) is 0 Å². The summed E-state index contributed by atoms with van der Waals surface area (Å²) in [6.07, 6.45) is 0. The minimum atomic E-state index is 0.919. The first kappa shape index (κ1) is 14.5. The standard InChI is InChI=1S/C25H15NO/c1-2-8-16(9-3-1)24-20-15-14-18-17-10-5-7-13-22(17)27-25(18)23(20)19-11-4-6-12-21(19)26-24/h1-15H. The predicted octanol–water partition coefficient (Wildman–Crippen LogP) is 6.95. The number of nitrogens with zero attached hydrogens (tertiary/aromatic N) is 1. The van der Waals surface area contributed by atoms with E-state index in [0.29, 0.717) is 0 Å². The Labute approximate surface area is 155 Å². The quantitative estimate of drug-likeness (QED) is 0.301. The zero-order valence-electron chi connectivity index (χ0n) is 14.5. The van der Waals surface area contributed by atoms with E-state index in [-0.39, 0.29) is 0 Å². The van der Waals surface area contributed by atoms with Gasteiger partial charge in [-0.05, 0) is 18.2 Å². The third kappa shape index (κ3) is 2.04. The molecule has 2 nitrogen and oxygen atoms in total. The molecule has 0 bridgehead atoms. The number of hydrogen-bond acceptors (Lipinski definition) is 2. The molecule has 6 aromatic rings. The van der Waals surface area contributed by atoms with E-state index in [4.69, 9.17) is 9.40 Å². The molecule has 2 heteroatoms. The Morgan fingerprint density at radius 1 is 0.556 bits per heavy atom. The molecule has 0 amide bonds. The number of furan rings is 1. The van der Waals surface area contributed by atoms with Gasteiger partial charge >= 0.3 is 0 Å². The maximum Gasteiger partial charge on any atom is 0.144 e. The molecule has 2 aromatic heterocycles. The van der Waals surface area contributed by atoms with Crippen molar-refractivity contribution in [2.75, 3.05) is 0 Å². The molecule has 4 aromatic carbocycles. The van der Waals surface area contributed by atoms with Crippen LogP contribution in [0, 0.1) is 0 Å². The SMILES string of the molecule is c1ccc(-c2nc3ccccc3c3c2ccc2c4ccccc4oc23)cc1. The van der Waals surface area contributed by atoms with Crippen LogP contribution >= 0.6 is 0 Å². The fraction of sp³-hybridized carbons (Fsp3) is 0. The first-order valence-corrected chi connectivity index (χ1v) is 9.08. The topological polar surface area (TPSA) is 26.0 Å². The van der Waals surface area contributed by atoms with E-state index < -0.39 is 0 Å². The zero-order chi connectivity index (χ0) is 17.8. The number of hydrogen-bond donors (Lipinski definition) is 0. The minimum Gasteiger partial charge on any atom is -0.455 e. The van der Waals surface area contributed by atoms with Crippen molar-refractivity contribution in [3.63, 3.8) is 0 Å². The predicted molar refractivity (Wildman–Crippen MR) is 112 cm³/mol. The lowest BCUT2D eigenvalue weighted by Gasteiger charge is -2.10. The largest absolute Gasteiger partial charge is 0.455 e. The number of benzene rings is 4. The molecule has 2 heterocycles. The van der Waals surface area contributed by atoms with Crippen LogP contribution in [0.1, 0.15) is 0 Å².